The summed E-state index contributed by atoms with van der Waals surface area (Å²) in [6.45, 7) is 1.79. The molecule has 0 amide bonds. The van der Waals surface area contributed by atoms with E-state index in [9.17, 15) is 4.79 Å². The van der Waals surface area contributed by atoms with Crippen LogP contribution in [0.5, 0.6) is 0 Å². The molecule has 0 saturated heterocycles. The van der Waals surface area contributed by atoms with E-state index in [1.54, 1.807) is 25.1 Å². The van der Waals surface area contributed by atoms with Crippen molar-refractivity contribution in [3.63, 3.8) is 0 Å². The lowest BCUT2D eigenvalue weighted by molar-refractivity contribution is -0.136. The molecule has 0 bridgehead atoms. The zero-order valence-corrected chi connectivity index (χ0v) is 7.54. The number of thiol groups is 1. The smallest absolute Gasteiger partial charge is 0.349 e. The maximum absolute atomic E-state index is 10.9. The predicted octanol–water partition coefficient (Wildman–Crippen LogP) is 1.44. The minimum Gasteiger partial charge on any atom is -0.451 e. The van der Waals surface area contributed by atoms with Crippen LogP contribution in [0.4, 0.5) is 0 Å². The van der Waals surface area contributed by atoms with Crippen LogP contribution in [0.2, 0.25) is 0 Å². The molecular formula is C8H9NO2S. The van der Waals surface area contributed by atoms with Gasteiger partial charge in [0.05, 0.1) is 0 Å². The molecule has 0 radical (unpaired) electrons. The van der Waals surface area contributed by atoms with Gasteiger partial charge in [0.15, 0.2) is 0 Å². The molecule has 0 heterocycles. The molecule has 0 aliphatic heterocycles. The molecule has 0 N–H and O–H groups in total. The third-order valence-electron chi connectivity index (χ3n) is 0.991. The maximum atomic E-state index is 10.9. The highest BCUT2D eigenvalue weighted by Gasteiger charge is 2.07. The van der Waals surface area contributed by atoms with Crippen LogP contribution in [-0.4, -0.2) is 11.9 Å². The second-order valence-corrected chi connectivity index (χ2v) is 2.04. The monoisotopic (exact) mass is 183 g/mol. The van der Waals surface area contributed by atoms with E-state index in [1.165, 1.54) is 6.08 Å². The molecule has 0 atom stereocenters. The zero-order chi connectivity index (χ0) is 9.40. The number of ether oxygens (including phenoxy) is 1. The average molecular weight is 183 g/mol. The van der Waals surface area contributed by atoms with E-state index in [2.05, 4.69) is 17.4 Å². The fourth-order valence-electron chi connectivity index (χ4n) is 0.480. The predicted molar refractivity (Wildman–Crippen MR) is 48.5 cm³/mol. The Morgan fingerprint density at radius 2 is 2.42 bits per heavy atom. The van der Waals surface area contributed by atoms with Crippen LogP contribution >= 0.6 is 12.6 Å². The van der Waals surface area contributed by atoms with Gasteiger partial charge in [0.1, 0.15) is 17.6 Å². The molecule has 12 heavy (non-hydrogen) atoms. The van der Waals surface area contributed by atoms with Crippen molar-refractivity contribution in [2.45, 2.75) is 6.92 Å². The first kappa shape index (κ1) is 10.8. The van der Waals surface area contributed by atoms with Gasteiger partial charge in [-0.3, -0.25) is 0 Å². The van der Waals surface area contributed by atoms with E-state index >= 15 is 0 Å². The van der Waals surface area contributed by atoms with Crippen LogP contribution in [-0.2, 0) is 9.53 Å². The summed E-state index contributed by atoms with van der Waals surface area (Å²) in [5, 5.41) is 8.47. The molecule has 4 heteroatoms. The molecule has 0 saturated carbocycles. The van der Waals surface area contributed by atoms with E-state index in [0.717, 1.165) is 0 Å². The molecule has 0 spiro atoms. The second kappa shape index (κ2) is 6.50. The largest absolute Gasteiger partial charge is 0.451 e. The first-order chi connectivity index (χ1) is 5.76. The standard InChI is InChI=1S/C8H9NO2S/c1-2-3-4-7(5-9)8(10)11-6-12/h2-4,12H,6H2,1H3/b3-2+,7-4+. The van der Waals surface area contributed by atoms with Gasteiger partial charge in [0.25, 0.3) is 0 Å². The number of hydrogen-bond donors (Lipinski definition) is 1. The highest BCUT2D eigenvalue weighted by Crippen LogP contribution is 1.97. The lowest BCUT2D eigenvalue weighted by Gasteiger charge is -1.96. The molecule has 0 unspecified atom stereocenters. The van der Waals surface area contributed by atoms with Crippen LogP contribution in [0, 0.1) is 11.3 Å². The Bertz CT molecular complexity index is 250. The van der Waals surface area contributed by atoms with Gasteiger partial charge in [0, 0.05) is 0 Å². The third-order valence-corrected chi connectivity index (χ3v) is 1.12. The van der Waals surface area contributed by atoms with Crippen molar-refractivity contribution in [1.82, 2.24) is 0 Å². The van der Waals surface area contributed by atoms with Gasteiger partial charge in [-0.15, -0.1) is 12.6 Å². The number of nitriles is 1. The normalized spacial score (nSPS) is 11.2. The van der Waals surface area contributed by atoms with Gasteiger partial charge in [-0.2, -0.15) is 5.26 Å². The highest BCUT2D eigenvalue weighted by molar-refractivity contribution is 7.80. The Balaban J connectivity index is 4.37. The Morgan fingerprint density at radius 3 is 2.83 bits per heavy atom. The molecular weight excluding hydrogens is 174 g/mol. The minimum absolute atomic E-state index is 0.0201. The van der Waals surface area contributed by atoms with Crippen LogP contribution in [0.1, 0.15) is 6.92 Å². The summed E-state index contributed by atoms with van der Waals surface area (Å²) >= 11 is 3.69. The summed E-state index contributed by atoms with van der Waals surface area (Å²) in [4.78, 5) is 10.9. The lowest BCUT2D eigenvalue weighted by Crippen LogP contribution is -2.04. The van der Waals surface area contributed by atoms with Crippen molar-refractivity contribution in [3.8, 4) is 6.07 Å². The number of carbonyl (C=O) groups is 1. The number of allylic oxidation sites excluding steroid dienone is 3. The molecule has 0 fully saturated rings. The van der Waals surface area contributed by atoms with Crippen LogP contribution in [0.3, 0.4) is 0 Å². The Morgan fingerprint density at radius 1 is 1.75 bits per heavy atom. The average Bonchev–Trinajstić information content (AvgIpc) is 2.06. The van der Waals surface area contributed by atoms with Crippen molar-refractivity contribution >= 4 is 18.6 Å². The summed E-state index contributed by atoms with van der Waals surface area (Å²) in [6.07, 6.45) is 4.70. The van der Waals surface area contributed by atoms with E-state index in [4.69, 9.17) is 5.26 Å². The van der Waals surface area contributed by atoms with Gasteiger partial charge in [-0.25, -0.2) is 4.79 Å². The van der Waals surface area contributed by atoms with Crippen molar-refractivity contribution in [1.29, 1.82) is 5.26 Å². The van der Waals surface area contributed by atoms with E-state index in [1.807, 2.05) is 0 Å². The Kier molecular flexibility index (Phi) is 5.84. The summed E-state index contributed by atoms with van der Waals surface area (Å²) in [5.41, 5.74) is -0.0258. The van der Waals surface area contributed by atoms with Crippen molar-refractivity contribution in [2.75, 3.05) is 5.94 Å². The number of nitrogens with zero attached hydrogens (tertiary/aromatic N) is 1. The first-order valence-corrected chi connectivity index (χ1v) is 3.90. The summed E-state index contributed by atoms with van der Waals surface area (Å²) in [6, 6.07) is 1.72. The van der Waals surface area contributed by atoms with Gasteiger partial charge in [-0.1, -0.05) is 12.2 Å². The SMILES string of the molecule is C/C=C/C=C(\C#N)C(=O)OCS. The third kappa shape index (κ3) is 3.84. The van der Waals surface area contributed by atoms with Crippen molar-refractivity contribution in [3.05, 3.63) is 23.8 Å². The van der Waals surface area contributed by atoms with Gasteiger partial charge < -0.3 is 4.74 Å². The fraction of sp³-hybridized carbons (Fsp3) is 0.250. The summed E-state index contributed by atoms with van der Waals surface area (Å²) in [5.74, 6) is -0.668. The van der Waals surface area contributed by atoms with Crippen molar-refractivity contribution < 1.29 is 9.53 Å². The fourth-order valence-corrected chi connectivity index (χ4v) is 0.597. The molecule has 0 aromatic carbocycles. The second-order valence-electron chi connectivity index (χ2n) is 1.78. The Labute approximate surface area is 76.7 Å². The van der Waals surface area contributed by atoms with Crippen LogP contribution in [0.25, 0.3) is 0 Å². The lowest BCUT2D eigenvalue weighted by atomic mass is 10.2. The minimum atomic E-state index is -0.648. The van der Waals surface area contributed by atoms with E-state index in [0.29, 0.717) is 0 Å². The summed E-state index contributed by atoms with van der Waals surface area (Å²) in [7, 11) is 0. The number of carbonyl (C=O) groups excluding carboxylic acids is 1. The molecule has 0 aromatic rings. The highest BCUT2D eigenvalue weighted by atomic mass is 32.1. The van der Waals surface area contributed by atoms with E-state index in [-0.39, 0.29) is 11.5 Å². The Hall–Kier alpha value is -1.21. The number of rotatable bonds is 3. The number of hydrogen-bond acceptors (Lipinski definition) is 4. The van der Waals surface area contributed by atoms with Crippen molar-refractivity contribution in [2.24, 2.45) is 0 Å². The zero-order valence-electron chi connectivity index (χ0n) is 6.65. The molecule has 3 nitrogen and oxygen atoms in total. The molecule has 64 valence electrons. The number of esters is 1. The summed E-state index contributed by atoms with van der Waals surface area (Å²) < 4.78 is 4.49. The van der Waals surface area contributed by atoms with Crippen LogP contribution < -0.4 is 0 Å². The van der Waals surface area contributed by atoms with E-state index < -0.39 is 5.97 Å². The van der Waals surface area contributed by atoms with Crippen LogP contribution in [0.15, 0.2) is 23.8 Å². The maximum Gasteiger partial charge on any atom is 0.349 e. The topological polar surface area (TPSA) is 50.1 Å². The van der Waals surface area contributed by atoms with Gasteiger partial charge >= 0.3 is 5.97 Å². The van der Waals surface area contributed by atoms with Gasteiger partial charge in [0.2, 0.25) is 0 Å². The molecule has 0 aliphatic carbocycles. The first-order valence-electron chi connectivity index (χ1n) is 3.27. The molecule has 0 aromatic heterocycles. The van der Waals surface area contributed by atoms with Gasteiger partial charge in [-0.05, 0) is 13.0 Å². The quantitative estimate of drug-likeness (QED) is 0.180. The molecule has 0 aliphatic rings. The molecule has 0 rings (SSSR count).